The summed E-state index contributed by atoms with van der Waals surface area (Å²) < 4.78 is 1.53. The minimum absolute atomic E-state index is 0.0444. The summed E-state index contributed by atoms with van der Waals surface area (Å²) in [5.74, 6) is -1.09. The molecule has 1 aromatic heterocycles. The molecule has 0 unspecified atom stereocenters. The normalized spacial score (nSPS) is 10.3. The van der Waals surface area contributed by atoms with Crippen LogP contribution >= 0.6 is 11.6 Å². The van der Waals surface area contributed by atoms with Crippen LogP contribution in [0.3, 0.4) is 0 Å². The zero-order valence-electron chi connectivity index (χ0n) is 8.09. The molecule has 0 radical (unpaired) electrons. The monoisotopic (exact) mass is 237 g/mol. The first-order chi connectivity index (χ1) is 7.59. The molecule has 16 heavy (non-hydrogen) atoms. The largest absolute Gasteiger partial charge is 0.478 e. The molecule has 1 heterocycles. The summed E-state index contributed by atoms with van der Waals surface area (Å²) in [7, 11) is 0. The van der Waals surface area contributed by atoms with Crippen LogP contribution in [0.15, 0.2) is 30.9 Å². The van der Waals surface area contributed by atoms with Crippen molar-refractivity contribution >= 4 is 23.3 Å². The number of aromatic carboxylic acids is 1. The van der Waals surface area contributed by atoms with Crippen molar-refractivity contribution < 1.29 is 9.90 Å². The van der Waals surface area contributed by atoms with Gasteiger partial charge in [-0.25, -0.2) is 9.78 Å². The zero-order chi connectivity index (χ0) is 11.7. The number of hydrogen-bond acceptors (Lipinski definition) is 3. The maximum atomic E-state index is 11.1. The fraction of sp³-hybridized carbons (Fsp3) is 0. The number of carboxylic acids is 1. The average Bonchev–Trinajstić information content (AvgIpc) is 2.69. The minimum atomic E-state index is -1.09. The molecule has 0 aliphatic heterocycles. The quantitative estimate of drug-likeness (QED) is 0.781. The van der Waals surface area contributed by atoms with Crippen molar-refractivity contribution in [2.24, 2.45) is 0 Å². The highest BCUT2D eigenvalue weighted by atomic mass is 35.5. The number of carbonyl (C=O) groups is 1. The molecule has 3 N–H and O–H groups in total. The zero-order valence-corrected chi connectivity index (χ0v) is 8.85. The lowest BCUT2D eigenvalue weighted by atomic mass is 10.1. The standard InChI is InChI=1S/C10H8ClN3O2/c11-8-4-6(12)3-7(10(15)16)9(8)14-2-1-13-5-14/h1-5H,12H2,(H,15,16). The third-order valence-electron chi connectivity index (χ3n) is 2.08. The van der Waals surface area contributed by atoms with Gasteiger partial charge in [-0.1, -0.05) is 11.6 Å². The molecular weight excluding hydrogens is 230 g/mol. The van der Waals surface area contributed by atoms with E-state index in [4.69, 9.17) is 22.4 Å². The first-order valence-electron chi connectivity index (χ1n) is 4.40. The highest BCUT2D eigenvalue weighted by molar-refractivity contribution is 6.33. The summed E-state index contributed by atoms with van der Waals surface area (Å²) in [6, 6.07) is 2.87. The number of imidazole rings is 1. The molecule has 0 saturated heterocycles. The van der Waals surface area contributed by atoms with E-state index in [1.54, 1.807) is 6.20 Å². The van der Waals surface area contributed by atoms with Gasteiger partial charge in [-0.15, -0.1) is 0 Å². The van der Waals surface area contributed by atoms with E-state index in [0.29, 0.717) is 11.4 Å². The molecule has 1 aromatic carbocycles. The molecular formula is C10H8ClN3O2. The minimum Gasteiger partial charge on any atom is -0.478 e. The maximum absolute atomic E-state index is 11.1. The maximum Gasteiger partial charge on any atom is 0.337 e. The van der Waals surface area contributed by atoms with Crippen LogP contribution in [0.5, 0.6) is 0 Å². The number of nitrogens with zero attached hydrogens (tertiary/aromatic N) is 2. The molecule has 0 aliphatic carbocycles. The summed E-state index contributed by atoms with van der Waals surface area (Å²) in [5, 5.41) is 9.34. The number of carboxylic acid groups (broad SMARTS) is 1. The second-order valence-corrected chi connectivity index (χ2v) is 3.58. The van der Waals surface area contributed by atoms with Gasteiger partial charge in [0.1, 0.15) is 0 Å². The van der Waals surface area contributed by atoms with Gasteiger partial charge in [-0.2, -0.15) is 0 Å². The molecule has 0 fully saturated rings. The van der Waals surface area contributed by atoms with Crippen molar-refractivity contribution in [1.82, 2.24) is 9.55 Å². The number of rotatable bonds is 2. The number of benzene rings is 1. The van der Waals surface area contributed by atoms with Gasteiger partial charge >= 0.3 is 5.97 Å². The average molecular weight is 238 g/mol. The molecule has 0 atom stereocenters. The Morgan fingerprint density at radius 2 is 2.25 bits per heavy atom. The summed E-state index contributed by atoms with van der Waals surface area (Å²) in [6.07, 6.45) is 4.63. The molecule has 6 heteroatoms. The van der Waals surface area contributed by atoms with Crippen molar-refractivity contribution in [3.8, 4) is 5.69 Å². The Morgan fingerprint density at radius 1 is 1.50 bits per heavy atom. The Labute approximate surface area is 96.1 Å². The van der Waals surface area contributed by atoms with Crippen LogP contribution in [-0.2, 0) is 0 Å². The first-order valence-corrected chi connectivity index (χ1v) is 4.78. The Hall–Kier alpha value is -2.01. The molecule has 5 nitrogen and oxygen atoms in total. The van der Waals surface area contributed by atoms with Crippen LogP contribution in [0.25, 0.3) is 5.69 Å². The number of anilines is 1. The SMILES string of the molecule is Nc1cc(Cl)c(-n2ccnc2)c(C(=O)O)c1. The van der Waals surface area contributed by atoms with Gasteiger partial charge in [-0.3, -0.25) is 0 Å². The van der Waals surface area contributed by atoms with Crippen molar-refractivity contribution in [2.75, 3.05) is 5.73 Å². The van der Waals surface area contributed by atoms with E-state index in [0.717, 1.165) is 0 Å². The second kappa shape index (κ2) is 3.86. The lowest BCUT2D eigenvalue weighted by molar-refractivity contribution is 0.0697. The van der Waals surface area contributed by atoms with Crippen molar-refractivity contribution in [3.63, 3.8) is 0 Å². The van der Waals surface area contributed by atoms with E-state index in [-0.39, 0.29) is 10.6 Å². The van der Waals surface area contributed by atoms with Gasteiger partial charge in [0.15, 0.2) is 0 Å². The molecule has 0 saturated carbocycles. The summed E-state index contributed by atoms with van der Waals surface area (Å²) >= 11 is 5.98. The predicted octanol–water partition coefficient (Wildman–Crippen LogP) is 1.81. The first kappa shape index (κ1) is 10.5. The van der Waals surface area contributed by atoms with Gasteiger partial charge in [0, 0.05) is 18.1 Å². The number of hydrogen-bond donors (Lipinski definition) is 2. The molecule has 82 valence electrons. The van der Waals surface area contributed by atoms with Crippen LogP contribution in [0, 0.1) is 0 Å². The number of nitrogens with two attached hydrogens (primary N) is 1. The van der Waals surface area contributed by atoms with Crippen LogP contribution in [0.1, 0.15) is 10.4 Å². The Morgan fingerprint density at radius 3 is 2.81 bits per heavy atom. The highest BCUT2D eigenvalue weighted by Gasteiger charge is 2.15. The van der Waals surface area contributed by atoms with Gasteiger partial charge in [0.05, 0.1) is 22.6 Å². The summed E-state index contributed by atoms with van der Waals surface area (Å²) in [6.45, 7) is 0. The lowest BCUT2D eigenvalue weighted by Crippen LogP contribution is -2.06. The molecule has 2 aromatic rings. The molecule has 0 spiro atoms. The van der Waals surface area contributed by atoms with E-state index < -0.39 is 5.97 Å². The van der Waals surface area contributed by atoms with E-state index in [1.165, 1.54) is 29.2 Å². The Kier molecular flexibility index (Phi) is 2.54. The van der Waals surface area contributed by atoms with Crippen LogP contribution in [-0.4, -0.2) is 20.6 Å². The highest BCUT2D eigenvalue weighted by Crippen LogP contribution is 2.27. The molecule has 0 amide bonds. The molecule has 0 bridgehead atoms. The van der Waals surface area contributed by atoms with Gasteiger partial charge < -0.3 is 15.4 Å². The Balaban J connectivity index is 2.72. The van der Waals surface area contributed by atoms with Gasteiger partial charge in [0.2, 0.25) is 0 Å². The molecule has 0 aliphatic rings. The van der Waals surface area contributed by atoms with Gasteiger partial charge in [-0.05, 0) is 12.1 Å². The molecule has 2 rings (SSSR count). The third-order valence-corrected chi connectivity index (χ3v) is 2.37. The third kappa shape index (κ3) is 1.72. The van der Waals surface area contributed by atoms with E-state index in [1.807, 2.05) is 0 Å². The Bertz CT molecular complexity index is 537. The number of aromatic nitrogens is 2. The lowest BCUT2D eigenvalue weighted by Gasteiger charge is -2.10. The van der Waals surface area contributed by atoms with Crippen molar-refractivity contribution in [2.45, 2.75) is 0 Å². The van der Waals surface area contributed by atoms with Gasteiger partial charge in [0.25, 0.3) is 0 Å². The number of nitrogen functional groups attached to an aromatic ring is 1. The van der Waals surface area contributed by atoms with Crippen molar-refractivity contribution in [3.05, 3.63) is 41.4 Å². The van der Waals surface area contributed by atoms with E-state index in [2.05, 4.69) is 4.98 Å². The topological polar surface area (TPSA) is 81.1 Å². The second-order valence-electron chi connectivity index (χ2n) is 3.17. The van der Waals surface area contributed by atoms with E-state index in [9.17, 15) is 4.79 Å². The fourth-order valence-electron chi connectivity index (χ4n) is 1.44. The van der Waals surface area contributed by atoms with E-state index >= 15 is 0 Å². The number of halogens is 1. The van der Waals surface area contributed by atoms with Crippen LogP contribution < -0.4 is 5.73 Å². The van der Waals surface area contributed by atoms with Crippen molar-refractivity contribution in [1.29, 1.82) is 0 Å². The predicted molar refractivity (Wildman–Crippen MR) is 59.9 cm³/mol. The van der Waals surface area contributed by atoms with Crippen LogP contribution in [0.2, 0.25) is 5.02 Å². The summed E-state index contributed by atoms with van der Waals surface area (Å²) in [4.78, 5) is 14.9. The summed E-state index contributed by atoms with van der Waals surface area (Å²) in [5.41, 5.74) is 6.26. The van der Waals surface area contributed by atoms with Crippen LogP contribution in [0.4, 0.5) is 5.69 Å². The smallest absolute Gasteiger partial charge is 0.337 e. The fourth-order valence-corrected chi connectivity index (χ4v) is 1.76.